The van der Waals surface area contributed by atoms with E-state index in [1.165, 1.54) is 16.5 Å². The quantitative estimate of drug-likeness (QED) is 0.407. The van der Waals surface area contributed by atoms with Crippen molar-refractivity contribution < 1.29 is 4.74 Å². The predicted molar refractivity (Wildman–Crippen MR) is 109 cm³/mol. The summed E-state index contributed by atoms with van der Waals surface area (Å²) < 4.78 is 7.29. The lowest BCUT2D eigenvalue weighted by atomic mass is 9.87. The van der Waals surface area contributed by atoms with Gasteiger partial charge in [0, 0.05) is 38.6 Å². The van der Waals surface area contributed by atoms with E-state index in [1.807, 2.05) is 30.3 Å². The SMILES string of the molecule is Brc1ccccc1C1=CC(c2c[nH]c3ccccc23)c2ccccc2O1. The van der Waals surface area contributed by atoms with Crippen LogP contribution in [0.3, 0.4) is 0 Å². The molecule has 0 bridgehead atoms. The number of aromatic amines is 1. The Morgan fingerprint density at radius 1 is 0.808 bits per heavy atom. The van der Waals surface area contributed by atoms with E-state index in [0.29, 0.717) is 0 Å². The van der Waals surface area contributed by atoms with Gasteiger partial charge in [-0.15, -0.1) is 0 Å². The van der Waals surface area contributed by atoms with Gasteiger partial charge in [0.05, 0.1) is 0 Å². The third-order valence-electron chi connectivity index (χ3n) is 4.89. The van der Waals surface area contributed by atoms with Gasteiger partial charge in [0.15, 0.2) is 0 Å². The molecule has 2 nitrogen and oxygen atoms in total. The van der Waals surface area contributed by atoms with Crippen LogP contribution in [0, 0.1) is 0 Å². The molecule has 1 aromatic heterocycles. The van der Waals surface area contributed by atoms with Crippen LogP contribution in [-0.2, 0) is 0 Å². The summed E-state index contributed by atoms with van der Waals surface area (Å²) in [6.45, 7) is 0. The average Bonchev–Trinajstić information content (AvgIpc) is 3.11. The summed E-state index contributed by atoms with van der Waals surface area (Å²) in [4.78, 5) is 3.40. The van der Waals surface area contributed by atoms with Gasteiger partial charge in [0.25, 0.3) is 0 Å². The minimum absolute atomic E-state index is 0.137. The molecule has 0 fully saturated rings. The molecule has 0 saturated heterocycles. The van der Waals surface area contributed by atoms with Gasteiger partial charge in [-0.05, 0) is 29.8 Å². The lowest BCUT2D eigenvalue weighted by Crippen LogP contribution is -2.10. The molecular formula is C23H16BrNO. The van der Waals surface area contributed by atoms with Crippen LogP contribution in [0.25, 0.3) is 16.7 Å². The lowest BCUT2D eigenvalue weighted by Gasteiger charge is -2.25. The molecule has 3 heteroatoms. The smallest absolute Gasteiger partial charge is 0.132 e. The van der Waals surface area contributed by atoms with Gasteiger partial charge in [-0.2, -0.15) is 0 Å². The Morgan fingerprint density at radius 2 is 1.58 bits per heavy atom. The Labute approximate surface area is 160 Å². The zero-order chi connectivity index (χ0) is 17.5. The zero-order valence-electron chi connectivity index (χ0n) is 13.9. The molecule has 0 spiro atoms. The second-order valence-corrected chi connectivity index (χ2v) is 7.27. The molecule has 1 unspecified atom stereocenters. The summed E-state index contributed by atoms with van der Waals surface area (Å²) in [5.74, 6) is 1.93. The van der Waals surface area contributed by atoms with Gasteiger partial charge >= 0.3 is 0 Å². The number of H-pyrrole nitrogens is 1. The van der Waals surface area contributed by atoms with Crippen molar-refractivity contribution in [2.45, 2.75) is 5.92 Å². The molecule has 4 aromatic rings. The van der Waals surface area contributed by atoms with Crippen LogP contribution in [0.15, 0.2) is 89.5 Å². The number of halogens is 1. The van der Waals surface area contributed by atoms with E-state index in [0.717, 1.165) is 27.1 Å². The highest BCUT2D eigenvalue weighted by Gasteiger charge is 2.26. The van der Waals surface area contributed by atoms with Crippen molar-refractivity contribution in [1.29, 1.82) is 0 Å². The highest BCUT2D eigenvalue weighted by Crippen LogP contribution is 2.43. The van der Waals surface area contributed by atoms with E-state index in [-0.39, 0.29) is 5.92 Å². The molecule has 2 heterocycles. The van der Waals surface area contributed by atoms with Crippen LogP contribution in [0.4, 0.5) is 0 Å². The van der Waals surface area contributed by atoms with E-state index >= 15 is 0 Å². The van der Waals surface area contributed by atoms with Gasteiger partial charge in [-0.25, -0.2) is 0 Å². The molecule has 1 N–H and O–H groups in total. The second kappa shape index (κ2) is 6.19. The molecule has 0 amide bonds. The van der Waals surface area contributed by atoms with Gasteiger partial charge < -0.3 is 9.72 Å². The first kappa shape index (κ1) is 15.5. The third-order valence-corrected chi connectivity index (χ3v) is 5.58. The third kappa shape index (κ3) is 2.47. The number of hydrogen-bond donors (Lipinski definition) is 1. The maximum absolute atomic E-state index is 6.26. The number of allylic oxidation sites excluding steroid dienone is 1. The summed E-state index contributed by atoms with van der Waals surface area (Å²) in [6, 6.07) is 24.9. The van der Waals surface area contributed by atoms with Crippen LogP contribution in [0.2, 0.25) is 0 Å². The van der Waals surface area contributed by atoms with Crippen LogP contribution in [-0.4, -0.2) is 4.98 Å². The summed E-state index contributed by atoms with van der Waals surface area (Å²) in [5.41, 5.74) is 4.67. The van der Waals surface area contributed by atoms with Crippen molar-refractivity contribution in [3.8, 4) is 5.75 Å². The van der Waals surface area contributed by atoms with E-state index < -0.39 is 0 Å². The number of para-hydroxylation sites is 2. The van der Waals surface area contributed by atoms with Crippen molar-refractivity contribution in [3.05, 3.63) is 106 Å². The first-order valence-electron chi connectivity index (χ1n) is 8.61. The van der Waals surface area contributed by atoms with Crippen LogP contribution >= 0.6 is 15.9 Å². The molecule has 3 aromatic carbocycles. The maximum Gasteiger partial charge on any atom is 0.132 e. The minimum Gasteiger partial charge on any atom is -0.457 e. The molecule has 0 saturated carbocycles. The molecule has 1 aliphatic rings. The van der Waals surface area contributed by atoms with Gasteiger partial charge in [-0.1, -0.05) is 70.5 Å². The van der Waals surface area contributed by atoms with Crippen molar-refractivity contribution in [1.82, 2.24) is 4.98 Å². The molecule has 0 radical (unpaired) electrons. The number of rotatable bonds is 2. The number of ether oxygens (including phenoxy) is 1. The normalized spacial score (nSPS) is 16.0. The highest BCUT2D eigenvalue weighted by molar-refractivity contribution is 9.10. The standard InChI is InChI=1S/C23H16BrNO/c24-20-10-4-1-9-17(20)23-13-18(16-8-3-6-12-22(16)26-23)19-14-25-21-11-5-2-7-15(19)21/h1-14,18,25H. The second-order valence-electron chi connectivity index (χ2n) is 6.42. The van der Waals surface area contributed by atoms with E-state index in [2.05, 4.69) is 75.7 Å². The molecule has 26 heavy (non-hydrogen) atoms. The first-order chi connectivity index (χ1) is 12.8. The van der Waals surface area contributed by atoms with Gasteiger partial charge in [-0.3, -0.25) is 0 Å². The Bertz CT molecular complexity index is 1140. The molecule has 1 aliphatic heterocycles. The van der Waals surface area contributed by atoms with Gasteiger partial charge in [0.1, 0.15) is 11.5 Å². The number of nitrogens with one attached hydrogen (secondary N) is 1. The largest absolute Gasteiger partial charge is 0.457 e. The monoisotopic (exact) mass is 401 g/mol. The van der Waals surface area contributed by atoms with E-state index in [4.69, 9.17) is 4.74 Å². The fourth-order valence-corrected chi connectivity index (χ4v) is 4.12. The predicted octanol–water partition coefficient (Wildman–Crippen LogP) is 6.50. The fourth-order valence-electron chi connectivity index (χ4n) is 3.64. The Hall–Kier alpha value is -2.78. The zero-order valence-corrected chi connectivity index (χ0v) is 15.5. The van der Waals surface area contributed by atoms with Crippen LogP contribution in [0.5, 0.6) is 5.75 Å². The van der Waals surface area contributed by atoms with Crippen molar-refractivity contribution >= 4 is 32.6 Å². The van der Waals surface area contributed by atoms with Crippen LogP contribution < -0.4 is 4.74 Å². The highest BCUT2D eigenvalue weighted by atomic mass is 79.9. The Kier molecular flexibility index (Phi) is 3.68. The van der Waals surface area contributed by atoms with E-state index in [1.54, 1.807) is 0 Å². The summed E-state index contributed by atoms with van der Waals surface area (Å²) >= 11 is 3.65. The van der Waals surface area contributed by atoms with Crippen molar-refractivity contribution in [2.24, 2.45) is 0 Å². The summed E-state index contributed by atoms with van der Waals surface area (Å²) in [7, 11) is 0. The minimum atomic E-state index is 0.137. The van der Waals surface area contributed by atoms with Crippen molar-refractivity contribution in [2.75, 3.05) is 0 Å². The Balaban J connectivity index is 1.73. The average molecular weight is 402 g/mol. The fraction of sp³-hybridized carbons (Fsp3) is 0.0435. The summed E-state index contributed by atoms with van der Waals surface area (Å²) in [6.07, 6.45) is 4.34. The molecule has 0 aliphatic carbocycles. The molecule has 1 atom stereocenters. The maximum atomic E-state index is 6.26. The van der Waals surface area contributed by atoms with Gasteiger partial charge in [0.2, 0.25) is 0 Å². The number of aromatic nitrogens is 1. The topological polar surface area (TPSA) is 25.0 Å². The van der Waals surface area contributed by atoms with E-state index in [9.17, 15) is 0 Å². The number of hydrogen-bond acceptors (Lipinski definition) is 1. The molecule has 5 rings (SSSR count). The first-order valence-corrected chi connectivity index (χ1v) is 9.40. The molecular weight excluding hydrogens is 386 g/mol. The number of fused-ring (bicyclic) bond motifs is 2. The Morgan fingerprint density at radius 3 is 2.50 bits per heavy atom. The summed E-state index contributed by atoms with van der Waals surface area (Å²) in [5, 5.41) is 1.25. The molecule has 126 valence electrons. The number of benzene rings is 3. The lowest BCUT2D eigenvalue weighted by molar-refractivity contribution is 0.492. The van der Waals surface area contributed by atoms with Crippen LogP contribution in [0.1, 0.15) is 22.6 Å². The van der Waals surface area contributed by atoms with Crippen molar-refractivity contribution in [3.63, 3.8) is 0 Å².